The van der Waals surface area contributed by atoms with E-state index < -0.39 is 0 Å². The molecule has 0 aliphatic carbocycles. The van der Waals surface area contributed by atoms with E-state index in [0.29, 0.717) is 0 Å². The zero-order valence-electron chi connectivity index (χ0n) is 25.1. The van der Waals surface area contributed by atoms with Crippen molar-refractivity contribution in [1.29, 1.82) is 0 Å². The minimum absolute atomic E-state index is 0.971. The van der Waals surface area contributed by atoms with Crippen LogP contribution in [0.2, 0.25) is 0 Å². The standard InChI is InChI=1S/C42H38/c1-7-9-15-29(3)30(4)22-23-31(5)32(6)26-33(8-2)34-16-14-17-35(27-34)36-24-25-41-39-20-11-10-18-37(39)38-19-12-13-21-40(38)42(41)28-36/h7-28H,2,6H2,1,3-5H3/b9-7-,29-15+,30-22+,31-23+,33-26+. The average molecular weight is 543 g/mol. The number of rotatable bonds is 8. The molecule has 0 heteroatoms. The second kappa shape index (κ2) is 12.7. The van der Waals surface area contributed by atoms with Crippen molar-refractivity contribution >= 4 is 37.9 Å². The third-order valence-corrected chi connectivity index (χ3v) is 8.07. The Morgan fingerprint density at radius 3 is 1.74 bits per heavy atom. The molecule has 0 amide bonds. The first-order valence-corrected chi connectivity index (χ1v) is 14.5. The second-order valence-electron chi connectivity index (χ2n) is 10.8. The Kier molecular flexibility index (Phi) is 8.65. The van der Waals surface area contributed by atoms with E-state index in [1.165, 1.54) is 54.6 Å². The average Bonchev–Trinajstić information content (AvgIpc) is 3.04. The molecule has 42 heavy (non-hydrogen) atoms. The number of hydrogen-bond acceptors (Lipinski definition) is 0. The lowest BCUT2D eigenvalue weighted by molar-refractivity contribution is 1.33. The van der Waals surface area contributed by atoms with Crippen molar-refractivity contribution in [3.05, 3.63) is 175 Å². The van der Waals surface area contributed by atoms with Gasteiger partial charge in [-0.2, -0.15) is 0 Å². The number of hydrogen-bond donors (Lipinski definition) is 0. The first kappa shape index (κ1) is 28.6. The fraction of sp³-hybridized carbons (Fsp3) is 0.0952. The van der Waals surface area contributed by atoms with Gasteiger partial charge in [0, 0.05) is 0 Å². The highest BCUT2D eigenvalue weighted by Crippen LogP contribution is 2.37. The first-order chi connectivity index (χ1) is 20.4. The van der Waals surface area contributed by atoms with Gasteiger partial charge in [-0.15, -0.1) is 0 Å². The maximum absolute atomic E-state index is 4.36. The highest BCUT2D eigenvalue weighted by Gasteiger charge is 2.10. The third-order valence-electron chi connectivity index (χ3n) is 8.07. The van der Waals surface area contributed by atoms with Gasteiger partial charge in [-0.25, -0.2) is 0 Å². The Bertz CT molecular complexity index is 1950. The van der Waals surface area contributed by atoms with Crippen LogP contribution in [0.1, 0.15) is 33.3 Å². The molecule has 0 spiro atoms. The fourth-order valence-corrected chi connectivity index (χ4v) is 5.39. The van der Waals surface area contributed by atoms with Gasteiger partial charge >= 0.3 is 0 Å². The lowest BCUT2D eigenvalue weighted by atomic mass is 9.91. The van der Waals surface area contributed by atoms with Gasteiger partial charge in [0.15, 0.2) is 0 Å². The van der Waals surface area contributed by atoms with E-state index in [4.69, 9.17) is 0 Å². The summed E-state index contributed by atoms with van der Waals surface area (Å²) in [6, 6.07) is 33.0. The molecule has 0 N–H and O–H groups in total. The SMILES string of the molecule is C=C/C(=C\C(=C)/C(C)=C/C=C(C)/C(C)=C/C=C\C)c1cccc(-c2ccc3c4ccccc4c4ccccc4c3c2)c1. The molecule has 0 nitrogen and oxygen atoms in total. The van der Waals surface area contributed by atoms with Gasteiger partial charge in [0.1, 0.15) is 0 Å². The first-order valence-electron chi connectivity index (χ1n) is 14.5. The normalized spacial score (nSPS) is 13.4. The van der Waals surface area contributed by atoms with Crippen molar-refractivity contribution in [1.82, 2.24) is 0 Å². The Labute approximate surface area is 250 Å². The number of allylic oxidation sites excluding steroid dienone is 12. The molecule has 0 saturated heterocycles. The second-order valence-corrected chi connectivity index (χ2v) is 10.8. The molecule has 0 saturated carbocycles. The molecule has 0 radical (unpaired) electrons. The fourth-order valence-electron chi connectivity index (χ4n) is 5.39. The molecular weight excluding hydrogens is 504 g/mol. The Balaban J connectivity index is 1.51. The van der Waals surface area contributed by atoms with E-state index >= 15 is 0 Å². The van der Waals surface area contributed by atoms with Crippen LogP contribution in [0.25, 0.3) is 49.0 Å². The maximum Gasteiger partial charge on any atom is -0.00928 e. The minimum Gasteiger partial charge on any atom is -0.0984 e. The summed E-state index contributed by atoms with van der Waals surface area (Å²) in [5.74, 6) is 0. The Morgan fingerprint density at radius 2 is 1.12 bits per heavy atom. The van der Waals surface area contributed by atoms with Gasteiger partial charge in [0.25, 0.3) is 0 Å². The molecule has 0 atom stereocenters. The summed E-state index contributed by atoms with van der Waals surface area (Å²) < 4.78 is 0. The Morgan fingerprint density at radius 1 is 0.571 bits per heavy atom. The molecule has 0 aromatic heterocycles. The monoisotopic (exact) mass is 542 g/mol. The van der Waals surface area contributed by atoms with Crippen molar-refractivity contribution in [2.45, 2.75) is 27.7 Å². The Hall–Kier alpha value is -4.94. The van der Waals surface area contributed by atoms with Gasteiger partial charge in [-0.1, -0.05) is 128 Å². The van der Waals surface area contributed by atoms with Crippen LogP contribution in [0.3, 0.4) is 0 Å². The molecule has 0 aliphatic rings. The van der Waals surface area contributed by atoms with Crippen molar-refractivity contribution in [2.24, 2.45) is 0 Å². The van der Waals surface area contributed by atoms with E-state index in [2.05, 4.69) is 155 Å². The molecule has 0 unspecified atom stereocenters. The predicted octanol–water partition coefficient (Wildman–Crippen LogP) is 12.4. The lowest BCUT2D eigenvalue weighted by Gasteiger charge is -2.13. The zero-order chi connectivity index (χ0) is 29.6. The molecule has 5 aromatic carbocycles. The van der Waals surface area contributed by atoms with Crippen LogP contribution in [0.4, 0.5) is 0 Å². The summed E-state index contributed by atoms with van der Waals surface area (Å²) in [5, 5.41) is 7.72. The maximum atomic E-state index is 4.36. The molecule has 0 bridgehead atoms. The van der Waals surface area contributed by atoms with Crippen LogP contribution in [0.15, 0.2) is 169 Å². The van der Waals surface area contributed by atoms with Crippen LogP contribution < -0.4 is 0 Å². The van der Waals surface area contributed by atoms with Gasteiger partial charge in [-0.05, 0) is 123 Å². The van der Waals surface area contributed by atoms with Gasteiger partial charge in [-0.3, -0.25) is 0 Å². The molecular formula is C42H38. The van der Waals surface area contributed by atoms with E-state index in [0.717, 1.165) is 22.3 Å². The smallest absolute Gasteiger partial charge is 0.00928 e. The highest BCUT2D eigenvalue weighted by molar-refractivity contribution is 6.25. The summed E-state index contributed by atoms with van der Waals surface area (Å²) in [6.07, 6.45) is 14.6. The number of fused-ring (bicyclic) bond motifs is 6. The summed E-state index contributed by atoms with van der Waals surface area (Å²) in [5.41, 5.74) is 9.13. The molecule has 206 valence electrons. The topological polar surface area (TPSA) is 0 Å². The third kappa shape index (κ3) is 5.90. The predicted molar refractivity (Wildman–Crippen MR) is 188 cm³/mol. The van der Waals surface area contributed by atoms with Gasteiger partial charge < -0.3 is 0 Å². The lowest BCUT2D eigenvalue weighted by Crippen LogP contribution is -1.88. The molecule has 0 fully saturated rings. The summed E-state index contributed by atoms with van der Waals surface area (Å²) in [7, 11) is 0. The summed E-state index contributed by atoms with van der Waals surface area (Å²) >= 11 is 0. The molecule has 0 aliphatic heterocycles. The molecule has 0 heterocycles. The minimum atomic E-state index is 0.971. The molecule has 5 rings (SSSR count). The highest BCUT2D eigenvalue weighted by atomic mass is 14.1. The molecule has 5 aromatic rings. The van der Waals surface area contributed by atoms with Crippen LogP contribution >= 0.6 is 0 Å². The van der Waals surface area contributed by atoms with Crippen LogP contribution in [0, 0.1) is 0 Å². The van der Waals surface area contributed by atoms with Crippen LogP contribution in [-0.2, 0) is 0 Å². The largest absolute Gasteiger partial charge is 0.0984 e. The number of benzene rings is 5. The van der Waals surface area contributed by atoms with Gasteiger partial charge in [0.2, 0.25) is 0 Å². The zero-order valence-corrected chi connectivity index (χ0v) is 25.1. The van der Waals surface area contributed by atoms with E-state index in [1.54, 1.807) is 0 Å². The van der Waals surface area contributed by atoms with Gasteiger partial charge in [0.05, 0.1) is 0 Å². The van der Waals surface area contributed by atoms with Crippen molar-refractivity contribution in [3.8, 4) is 11.1 Å². The van der Waals surface area contributed by atoms with Crippen molar-refractivity contribution < 1.29 is 0 Å². The summed E-state index contributed by atoms with van der Waals surface area (Å²) in [6.45, 7) is 16.9. The van der Waals surface area contributed by atoms with Crippen molar-refractivity contribution in [2.75, 3.05) is 0 Å². The van der Waals surface area contributed by atoms with Crippen LogP contribution in [-0.4, -0.2) is 0 Å². The summed E-state index contributed by atoms with van der Waals surface area (Å²) in [4.78, 5) is 0. The quantitative estimate of drug-likeness (QED) is 0.135. The van der Waals surface area contributed by atoms with Crippen LogP contribution in [0.5, 0.6) is 0 Å². The van der Waals surface area contributed by atoms with Crippen molar-refractivity contribution in [3.63, 3.8) is 0 Å². The van der Waals surface area contributed by atoms with E-state index in [1.807, 2.05) is 19.1 Å². The van der Waals surface area contributed by atoms with E-state index in [9.17, 15) is 0 Å². The van der Waals surface area contributed by atoms with E-state index in [-0.39, 0.29) is 0 Å².